The van der Waals surface area contributed by atoms with Crippen LogP contribution < -0.4 is 10.2 Å². The molecule has 2 aliphatic rings. The summed E-state index contributed by atoms with van der Waals surface area (Å²) in [4.78, 5) is 26.4. The smallest absolute Gasteiger partial charge is 0.274 e. The van der Waals surface area contributed by atoms with Gasteiger partial charge in [0.25, 0.3) is 5.91 Å². The zero-order chi connectivity index (χ0) is 16.6. The van der Waals surface area contributed by atoms with Gasteiger partial charge in [-0.25, -0.2) is 5.48 Å². The van der Waals surface area contributed by atoms with E-state index in [4.69, 9.17) is 9.94 Å². The first kappa shape index (κ1) is 15.8. The topological polar surface area (TPSA) is 78.9 Å². The molecule has 0 spiro atoms. The van der Waals surface area contributed by atoms with Crippen LogP contribution >= 0.6 is 0 Å². The quantitative estimate of drug-likeness (QED) is 0.648. The molecule has 1 fully saturated rings. The van der Waals surface area contributed by atoms with Gasteiger partial charge in [0.05, 0.1) is 12.6 Å². The Morgan fingerprint density at radius 3 is 2.74 bits per heavy atom. The molecule has 6 nitrogen and oxygen atoms in total. The third-order valence-corrected chi connectivity index (χ3v) is 5.12. The molecule has 0 bridgehead atoms. The largest absolute Gasteiger partial charge is 0.491 e. The van der Waals surface area contributed by atoms with E-state index in [-0.39, 0.29) is 17.4 Å². The Bertz CT molecular complexity index is 639. The van der Waals surface area contributed by atoms with Crippen LogP contribution in [-0.4, -0.2) is 35.1 Å². The maximum absolute atomic E-state index is 12.9. The molecule has 0 saturated heterocycles. The Morgan fingerprint density at radius 2 is 2.13 bits per heavy atom. The summed E-state index contributed by atoms with van der Waals surface area (Å²) in [5, 5.41) is 8.80. The number of carbonyl (C=O) groups is 2. The monoisotopic (exact) mass is 318 g/mol. The van der Waals surface area contributed by atoms with Crippen LogP contribution in [0.25, 0.3) is 0 Å². The molecule has 3 rings (SSSR count). The van der Waals surface area contributed by atoms with E-state index in [0.29, 0.717) is 24.5 Å². The number of hydrogen-bond donors (Lipinski definition) is 2. The fourth-order valence-corrected chi connectivity index (χ4v) is 3.37. The molecule has 2 amide bonds. The highest BCUT2D eigenvalue weighted by Crippen LogP contribution is 2.44. The van der Waals surface area contributed by atoms with Crippen LogP contribution in [0.2, 0.25) is 0 Å². The summed E-state index contributed by atoms with van der Waals surface area (Å²) in [5.41, 5.74) is 2.50. The third-order valence-electron chi connectivity index (χ3n) is 5.12. The molecule has 1 unspecified atom stereocenters. The fourth-order valence-electron chi connectivity index (χ4n) is 3.37. The average molecular weight is 318 g/mol. The number of hydrogen-bond acceptors (Lipinski definition) is 4. The lowest BCUT2D eigenvalue weighted by molar-refractivity contribution is -0.148. The highest BCUT2D eigenvalue weighted by atomic mass is 16.5. The van der Waals surface area contributed by atoms with Gasteiger partial charge in [0.15, 0.2) is 0 Å². The zero-order valence-electron chi connectivity index (χ0n) is 13.5. The molecule has 1 aliphatic carbocycles. The average Bonchev–Trinajstić information content (AvgIpc) is 2.70. The van der Waals surface area contributed by atoms with Gasteiger partial charge in [-0.3, -0.25) is 14.8 Å². The summed E-state index contributed by atoms with van der Waals surface area (Å²) in [6, 6.07) is 4.82. The summed E-state index contributed by atoms with van der Waals surface area (Å²) in [7, 11) is 0. The minimum absolute atomic E-state index is 0.157. The van der Waals surface area contributed by atoms with Gasteiger partial charge in [-0.05, 0) is 38.0 Å². The predicted molar refractivity (Wildman–Crippen MR) is 83.3 cm³/mol. The lowest BCUT2D eigenvalue weighted by Gasteiger charge is -2.42. The third kappa shape index (κ3) is 2.67. The van der Waals surface area contributed by atoms with E-state index in [0.717, 1.165) is 24.8 Å². The minimum Gasteiger partial charge on any atom is -0.491 e. The van der Waals surface area contributed by atoms with Crippen LogP contribution in [0.15, 0.2) is 18.2 Å². The van der Waals surface area contributed by atoms with Crippen LogP contribution in [0.4, 0.5) is 0 Å². The van der Waals surface area contributed by atoms with Crippen molar-refractivity contribution in [1.29, 1.82) is 0 Å². The molecule has 2 N–H and O–H groups in total. The predicted octanol–water partition coefficient (Wildman–Crippen LogP) is 2.28. The standard InChI is InChI=1S/C17H22N2O4/c1-11-13-10-12(15(20)18-22)4-5-14(13)23-9-8-19(11)16(21)17(2)6-3-7-17/h4-5,10-11,22H,3,6-9H2,1-2H3,(H,18,20). The van der Waals surface area contributed by atoms with Gasteiger partial charge in [0, 0.05) is 16.5 Å². The van der Waals surface area contributed by atoms with Crippen LogP contribution in [0.1, 0.15) is 55.1 Å². The van der Waals surface area contributed by atoms with Gasteiger partial charge < -0.3 is 9.64 Å². The van der Waals surface area contributed by atoms with Crippen LogP contribution in [0, 0.1) is 5.41 Å². The second kappa shape index (κ2) is 5.85. The number of nitrogens with zero attached hydrogens (tertiary/aromatic N) is 1. The first-order valence-corrected chi connectivity index (χ1v) is 7.98. The van der Waals surface area contributed by atoms with Gasteiger partial charge in [-0.1, -0.05) is 13.3 Å². The number of nitrogens with one attached hydrogen (secondary N) is 1. The molecule has 1 aromatic rings. The van der Waals surface area contributed by atoms with Crippen LogP contribution in [0.3, 0.4) is 0 Å². The molecule has 0 radical (unpaired) electrons. The van der Waals surface area contributed by atoms with Gasteiger partial charge in [-0.15, -0.1) is 0 Å². The Hall–Kier alpha value is -2.08. The molecule has 23 heavy (non-hydrogen) atoms. The molecule has 1 heterocycles. The first-order chi connectivity index (χ1) is 11.0. The molecule has 1 aromatic carbocycles. The van der Waals surface area contributed by atoms with Gasteiger partial charge in [0.1, 0.15) is 12.4 Å². The number of rotatable bonds is 2. The fraction of sp³-hybridized carbons (Fsp3) is 0.529. The Kier molecular flexibility index (Phi) is 4.02. The summed E-state index contributed by atoms with van der Waals surface area (Å²) in [6.45, 7) is 4.94. The summed E-state index contributed by atoms with van der Waals surface area (Å²) >= 11 is 0. The van der Waals surface area contributed by atoms with Crippen molar-refractivity contribution in [1.82, 2.24) is 10.4 Å². The maximum atomic E-state index is 12.9. The van der Waals surface area contributed by atoms with Crippen molar-refractivity contribution >= 4 is 11.8 Å². The SMILES string of the molecule is CC1c2cc(C(=O)NO)ccc2OCCN1C(=O)C1(C)CCC1. The normalized spacial score (nSPS) is 22.2. The number of amides is 2. The zero-order valence-corrected chi connectivity index (χ0v) is 13.5. The van der Waals surface area contributed by atoms with Gasteiger partial charge in [-0.2, -0.15) is 0 Å². The van der Waals surface area contributed by atoms with Crippen molar-refractivity contribution in [3.05, 3.63) is 29.3 Å². The molecule has 1 aliphatic heterocycles. The second-order valence-corrected chi connectivity index (χ2v) is 6.63. The number of ether oxygens (including phenoxy) is 1. The molecule has 0 aromatic heterocycles. The van der Waals surface area contributed by atoms with Crippen molar-refractivity contribution in [2.45, 2.75) is 39.2 Å². The molecule has 1 atom stereocenters. The highest BCUT2D eigenvalue weighted by Gasteiger charge is 2.43. The Balaban J connectivity index is 1.93. The van der Waals surface area contributed by atoms with Gasteiger partial charge in [0.2, 0.25) is 5.91 Å². The van der Waals surface area contributed by atoms with Crippen LogP contribution in [0.5, 0.6) is 5.75 Å². The highest BCUT2D eigenvalue weighted by molar-refractivity contribution is 5.93. The molecular weight excluding hydrogens is 296 g/mol. The molecule has 6 heteroatoms. The van der Waals surface area contributed by atoms with E-state index in [1.54, 1.807) is 23.7 Å². The van der Waals surface area contributed by atoms with Crippen molar-refractivity contribution < 1.29 is 19.5 Å². The van der Waals surface area contributed by atoms with E-state index in [2.05, 4.69) is 0 Å². The first-order valence-electron chi connectivity index (χ1n) is 7.98. The Labute approximate surface area is 135 Å². The lowest BCUT2D eigenvalue weighted by atomic mass is 9.69. The number of benzene rings is 1. The maximum Gasteiger partial charge on any atom is 0.274 e. The second-order valence-electron chi connectivity index (χ2n) is 6.63. The molecule has 1 saturated carbocycles. The van der Waals surface area contributed by atoms with Crippen molar-refractivity contribution in [3.8, 4) is 5.75 Å². The van der Waals surface area contributed by atoms with Crippen molar-refractivity contribution in [3.63, 3.8) is 0 Å². The number of hydroxylamine groups is 1. The minimum atomic E-state index is -0.576. The molecule has 124 valence electrons. The number of carbonyl (C=O) groups excluding carboxylic acids is 2. The Morgan fingerprint density at radius 1 is 1.39 bits per heavy atom. The summed E-state index contributed by atoms with van der Waals surface area (Å²) in [6.07, 6.45) is 2.95. The van der Waals surface area contributed by atoms with Crippen LogP contribution in [-0.2, 0) is 4.79 Å². The van der Waals surface area contributed by atoms with E-state index in [9.17, 15) is 9.59 Å². The number of fused-ring (bicyclic) bond motifs is 1. The lowest BCUT2D eigenvalue weighted by Crippen LogP contribution is -2.47. The summed E-state index contributed by atoms with van der Waals surface area (Å²) in [5.74, 6) is 0.263. The summed E-state index contributed by atoms with van der Waals surface area (Å²) < 4.78 is 5.74. The van der Waals surface area contributed by atoms with Gasteiger partial charge >= 0.3 is 0 Å². The van der Waals surface area contributed by atoms with Crippen molar-refractivity contribution in [2.24, 2.45) is 5.41 Å². The van der Waals surface area contributed by atoms with E-state index in [1.165, 1.54) is 0 Å². The van der Waals surface area contributed by atoms with Crippen molar-refractivity contribution in [2.75, 3.05) is 13.2 Å². The van der Waals surface area contributed by atoms with E-state index >= 15 is 0 Å². The van der Waals surface area contributed by atoms with E-state index in [1.807, 2.05) is 18.7 Å². The van der Waals surface area contributed by atoms with E-state index < -0.39 is 5.91 Å². The molecular formula is C17H22N2O4.